The molecule has 0 aliphatic rings. The molecule has 0 spiro atoms. The van der Waals surface area contributed by atoms with E-state index in [1.165, 1.54) is 6.92 Å². The van der Waals surface area contributed by atoms with Crippen molar-refractivity contribution in [3.8, 4) is 11.1 Å². The number of ether oxygens (including phenoxy) is 1. The Hall–Kier alpha value is -3.93. The first-order chi connectivity index (χ1) is 15.3. The lowest BCUT2D eigenvalue weighted by molar-refractivity contribution is -0.152. The van der Waals surface area contributed by atoms with Gasteiger partial charge in [-0.1, -0.05) is 54.6 Å². The van der Waals surface area contributed by atoms with E-state index in [0.717, 1.165) is 22.3 Å². The first-order valence-electron chi connectivity index (χ1n) is 10.4. The average molecular weight is 431 g/mol. The highest BCUT2D eigenvalue weighted by molar-refractivity contribution is 5.99. The molecule has 3 rings (SSSR count). The molecule has 0 aromatic heterocycles. The number of rotatable bonds is 7. The van der Waals surface area contributed by atoms with Crippen LogP contribution in [0.4, 0.5) is 5.69 Å². The number of amides is 2. The van der Waals surface area contributed by atoms with Gasteiger partial charge in [-0.25, -0.2) is 0 Å². The van der Waals surface area contributed by atoms with Crippen LogP contribution in [0.2, 0.25) is 0 Å². The molecule has 0 aliphatic heterocycles. The van der Waals surface area contributed by atoms with Gasteiger partial charge in [0, 0.05) is 16.8 Å². The van der Waals surface area contributed by atoms with Gasteiger partial charge in [-0.2, -0.15) is 0 Å². The monoisotopic (exact) mass is 430 g/mol. The number of nitrogens with one attached hydrogen (secondary N) is 2. The predicted octanol–water partition coefficient (Wildman–Crippen LogP) is 4.27. The van der Waals surface area contributed by atoms with Gasteiger partial charge < -0.3 is 15.4 Å². The molecule has 0 aliphatic carbocycles. The van der Waals surface area contributed by atoms with Crippen LogP contribution in [-0.4, -0.2) is 30.4 Å². The zero-order chi connectivity index (χ0) is 23.1. The summed E-state index contributed by atoms with van der Waals surface area (Å²) in [4.78, 5) is 37.0. The number of benzene rings is 3. The maximum atomic E-state index is 12.6. The standard InChI is InChI=1S/C26H26N2O4/c1-17-13-14-21(15-18(17)2)26(31)27-16-24(29)32-19(3)25(30)28-23-12-8-7-11-22(23)20-9-5-4-6-10-20/h4-15,19H,16H2,1-3H3,(H,27,31)(H,28,30). The Balaban J connectivity index is 1.55. The summed E-state index contributed by atoms with van der Waals surface area (Å²) < 4.78 is 5.19. The van der Waals surface area contributed by atoms with Gasteiger partial charge in [-0.05, 0) is 55.7 Å². The fourth-order valence-corrected chi connectivity index (χ4v) is 3.13. The van der Waals surface area contributed by atoms with Crippen molar-refractivity contribution in [3.05, 3.63) is 89.5 Å². The highest BCUT2D eigenvalue weighted by Crippen LogP contribution is 2.27. The number of esters is 1. The van der Waals surface area contributed by atoms with Crippen LogP contribution in [0.5, 0.6) is 0 Å². The van der Waals surface area contributed by atoms with Crippen molar-refractivity contribution in [2.45, 2.75) is 26.9 Å². The second-order valence-electron chi connectivity index (χ2n) is 7.51. The minimum Gasteiger partial charge on any atom is -0.451 e. The summed E-state index contributed by atoms with van der Waals surface area (Å²) >= 11 is 0. The van der Waals surface area contributed by atoms with Crippen LogP contribution in [0.25, 0.3) is 11.1 Å². The normalized spacial score (nSPS) is 11.3. The van der Waals surface area contributed by atoms with Crippen LogP contribution in [0, 0.1) is 13.8 Å². The van der Waals surface area contributed by atoms with E-state index in [0.29, 0.717) is 11.3 Å². The van der Waals surface area contributed by atoms with E-state index in [-0.39, 0.29) is 12.5 Å². The third-order valence-corrected chi connectivity index (χ3v) is 5.11. The van der Waals surface area contributed by atoms with E-state index < -0.39 is 18.0 Å². The first kappa shape index (κ1) is 22.7. The summed E-state index contributed by atoms with van der Waals surface area (Å²) in [5.41, 5.74) is 4.97. The first-order valence-corrected chi connectivity index (χ1v) is 10.4. The fraction of sp³-hybridized carbons (Fsp3) is 0.192. The lowest BCUT2D eigenvalue weighted by Gasteiger charge is -2.16. The van der Waals surface area contributed by atoms with Gasteiger partial charge in [-0.3, -0.25) is 14.4 Å². The summed E-state index contributed by atoms with van der Waals surface area (Å²) in [6.45, 7) is 5.03. The Bertz CT molecular complexity index is 1130. The van der Waals surface area contributed by atoms with E-state index in [1.54, 1.807) is 18.2 Å². The Morgan fingerprint density at radius 3 is 2.28 bits per heavy atom. The third kappa shape index (κ3) is 5.82. The number of carbonyl (C=O) groups excluding carboxylic acids is 3. The van der Waals surface area contributed by atoms with E-state index in [4.69, 9.17) is 4.74 Å². The van der Waals surface area contributed by atoms with Gasteiger partial charge in [-0.15, -0.1) is 0 Å². The van der Waals surface area contributed by atoms with Gasteiger partial charge in [0.15, 0.2) is 6.10 Å². The molecular formula is C26H26N2O4. The number of aryl methyl sites for hydroxylation is 2. The summed E-state index contributed by atoms with van der Waals surface area (Å²) in [6.07, 6.45) is -1.02. The van der Waals surface area contributed by atoms with Crippen LogP contribution in [0.3, 0.4) is 0 Å². The summed E-state index contributed by atoms with van der Waals surface area (Å²) in [5.74, 6) is -1.53. The molecule has 32 heavy (non-hydrogen) atoms. The van der Waals surface area contributed by atoms with Gasteiger partial charge in [0.2, 0.25) is 0 Å². The highest BCUT2D eigenvalue weighted by atomic mass is 16.5. The van der Waals surface area contributed by atoms with Gasteiger partial charge >= 0.3 is 5.97 Å². The van der Waals surface area contributed by atoms with Gasteiger partial charge in [0.25, 0.3) is 11.8 Å². The van der Waals surface area contributed by atoms with Crippen molar-refractivity contribution in [1.29, 1.82) is 0 Å². The number of carbonyl (C=O) groups is 3. The van der Waals surface area contributed by atoms with Crippen LogP contribution >= 0.6 is 0 Å². The van der Waals surface area contributed by atoms with Crippen molar-refractivity contribution in [1.82, 2.24) is 5.32 Å². The van der Waals surface area contributed by atoms with Gasteiger partial charge in [0.1, 0.15) is 6.54 Å². The molecule has 2 N–H and O–H groups in total. The SMILES string of the molecule is Cc1ccc(C(=O)NCC(=O)OC(C)C(=O)Nc2ccccc2-c2ccccc2)cc1C. The lowest BCUT2D eigenvalue weighted by Crippen LogP contribution is -2.36. The zero-order valence-electron chi connectivity index (χ0n) is 18.3. The predicted molar refractivity (Wildman–Crippen MR) is 124 cm³/mol. The largest absolute Gasteiger partial charge is 0.451 e. The van der Waals surface area contributed by atoms with Crippen molar-refractivity contribution in [3.63, 3.8) is 0 Å². The molecule has 2 amide bonds. The van der Waals surface area contributed by atoms with Crippen LogP contribution < -0.4 is 10.6 Å². The molecular weight excluding hydrogens is 404 g/mol. The molecule has 0 saturated heterocycles. The average Bonchev–Trinajstić information content (AvgIpc) is 2.80. The Kier molecular flexibility index (Phi) is 7.39. The maximum Gasteiger partial charge on any atom is 0.326 e. The molecule has 1 atom stereocenters. The quantitative estimate of drug-likeness (QED) is 0.548. The highest BCUT2D eigenvalue weighted by Gasteiger charge is 2.20. The van der Waals surface area contributed by atoms with E-state index in [1.807, 2.05) is 68.4 Å². The van der Waals surface area contributed by atoms with E-state index in [9.17, 15) is 14.4 Å². The van der Waals surface area contributed by atoms with Crippen molar-refractivity contribution in [2.24, 2.45) is 0 Å². The van der Waals surface area contributed by atoms with Crippen molar-refractivity contribution < 1.29 is 19.1 Å². The molecule has 1 unspecified atom stereocenters. The lowest BCUT2D eigenvalue weighted by atomic mass is 10.0. The Morgan fingerprint density at radius 1 is 0.875 bits per heavy atom. The molecule has 3 aromatic rings. The fourth-order valence-electron chi connectivity index (χ4n) is 3.13. The molecule has 6 heteroatoms. The van der Waals surface area contributed by atoms with E-state index in [2.05, 4.69) is 10.6 Å². The second kappa shape index (κ2) is 10.4. The second-order valence-corrected chi connectivity index (χ2v) is 7.51. The van der Waals surface area contributed by atoms with Crippen molar-refractivity contribution in [2.75, 3.05) is 11.9 Å². The molecule has 0 radical (unpaired) electrons. The topological polar surface area (TPSA) is 84.5 Å². The van der Waals surface area contributed by atoms with Crippen LogP contribution in [-0.2, 0) is 14.3 Å². The van der Waals surface area contributed by atoms with Crippen LogP contribution in [0.15, 0.2) is 72.8 Å². The molecule has 0 saturated carbocycles. The minimum absolute atomic E-state index is 0.329. The number of anilines is 1. The molecule has 3 aromatic carbocycles. The molecule has 6 nitrogen and oxygen atoms in total. The Morgan fingerprint density at radius 2 is 1.56 bits per heavy atom. The maximum absolute atomic E-state index is 12.6. The zero-order valence-corrected chi connectivity index (χ0v) is 18.3. The number of para-hydroxylation sites is 1. The summed E-state index contributed by atoms with van der Waals surface area (Å²) in [7, 11) is 0. The summed E-state index contributed by atoms with van der Waals surface area (Å²) in [5, 5.41) is 5.34. The minimum atomic E-state index is -1.02. The van der Waals surface area contributed by atoms with Crippen LogP contribution in [0.1, 0.15) is 28.4 Å². The smallest absolute Gasteiger partial charge is 0.326 e. The number of hydrogen-bond donors (Lipinski definition) is 2. The number of hydrogen-bond acceptors (Lipinski definition) is 4. The molecule has 0 bridgehead atoms. The van der Waals surface area contributed by atoms with Gasteiger partial charge in [0.05, 0.1) is 0 Å². The molecule has 0 heterocycles. The third-order valence-electron chi connectivity index (χ3n) is 5.11. The van der Waals surface area contributed by atoms with Crippen molar-refractivity contribution >= 4 is 23.5 Å². The Labute approximate surface area is 187 Å². The van der Waals surface area contributed by atoms with E-state index >= 15 is 0 Å². The summed E-state index contributed by atoms with van der Waals surface area (Å²) in [6, 6.07) is 22.4. The molecule has 0 fully saturated rings. The molecule has 164 valence electrons.